The fourth-order valence-corrected chi connectivity index (χ4v) is 3.70. The van der Waals surface area contributed by atoms with E-state index in [1.54, 1.807) is 17.4 Å². The molecule has 2 unspecified atom stereocenters. The van der Waals surface area contributed by atoms with Gasteiger partial charge in [0.25, 0.3) is 0 Å². The summed E-state index contributed by atoms with van der Waals surface area (Å²) in [6, 6.07) is 3.65. The van der Waals surface area contributed by atoms with E-state index in [1.807, 2.05) is 32.2 Å². The minimum absolute atomic E-state index is 0.0906. The average Bonchev–Trinajstić information content (AvgIpc) is 2.96. The van der Waals surface area contributed by atoms with Crippen LogP contribution < -0.4 is 5.32 Å². The Morgan fingerprint density at radius 2 is 2.23 bits per heavy atom. The van der Waals surface area contributed by atoms with Crippen LogP contribution in [0.4, 0.5) is 4.79 Å². The third-order valence-electron chi connectivity index (χ3n) is 2.92. The third kappa shape index (κ3) is 5.86. The van der Waals surface area contributed by atoms with Crippen molar-refractivity contribution in [2.75, 3.05) is 20.1 Å². The number of alkyl carbamates (subject to hydrolysis) is 1. The van der Waals surface area contributed by atoms with Crippen molar-refractivity contribution in [2.45, 2.75) is 31.1 Å². The third-order valence-corrected chi connectivity index (χ3v) is 5.49. The van der Waals surface area contributed by atoms with E-state index in [-0.39, 0.29) is 12.0 Å². The molecule has 0 spiro atoms. The van der Waals surface area contributed by atoms with Gasteiger partial charge in [0.2, 0.25) is 0 Å². The van der Waals surface area contributed by atoms with Crippen LogP contribution in [0.5, 0.6) is 0 Å². The minimum Gasteiger partial charge on any atom is -0.444 e. The number of carbonyl (C=O) groups is 2. The van der Waals surface area contributed by atoms with Crippen LogP contribution in [-0.2, 0) is 20.5 Å². The van der Waals surface area contributed by atoms with Gasteiger partial charge in [0, 0.05) is 19.0 Å². The summed E-state index contributed by atoms with van der Waals surface area (Å²) in [5.41, 5.74) is -0.327. The van der Waals surface area contributed by atoms with Crippen molar-refractivity contribution >= 4 is 34.7 Å². The Labute approximate surface area is 137 Å². The lowest BCUT2D eigenvalue weighted by molar-refractivity contribution is -0.107. The summed E-state index contributed by atoms with van der Waals surface area (Å²) < 4.78 is 20.1. The summed E-state index contributed by atoms with van der Waals surface area (Å²) in [6.07, 6.45) is -0.527. The molecule has 1 aromatic rings. The van der Waals surface area contributed by atoms with Crippen LogP contribution in [0.15, 0.2) is 21.7 Å². The maximum Gasteiger partial charge on any atom is 0.407 e. The Balaban J connectivity index is 2.70. The molecule has 124 valence electrons. The van der Waals surface area contributed by atoms with Gasteiger partial charge in [0.05, 0.1) is 6.54 Å². The number of ether oxygens (including phenoxy) is 1. The lowest BCUT2D eigenvalue weighted by Crippen LogP contribution is -2.43. The van der Waals surface area contributed by atoms with Crippen LogP contribution >= 0.6 is 11.3 Å². The van der Waals surface area contributed by atoms with Crippen molar-refractivity contribution in [1.82, 2.24) is 9.62 Å². The molecule has 0 saturated carbocycles. The first-order valence-electron chi connectivity index (χ1n) is 6.80. The van der Waals surface area contributed by atoms with Gasteiger partial charge in [-0.05, 0) is 11.4 Å². The monoisotopic (exact) mass is 346 g/mol. The Hall–Kier alpha value is -1.25. The minimum atomic E-state index is -1.29. The molecule has 1 heterocycles. The number of nitrogens with zero attached hydrogens (tertiary/aromatic N) is 1. The van der Waals surface area contributed by atoms with E-state index >= 15 is 0 Å². The van der Waals surface area contributed by atoms with E-state index < -0.39 is 23.2 Å². The molecule has 1 rings (SSSR count). The largest absolute Gasteiger partial charge is 0.444 e. The molecule has 1 amide bonds. The van der Waals surface area contributed by atoms with E-state index in [1.165, 1.54) is 11.3 Å². The maximum atomic E-state index is 12.4. The Bertz CT molecular complexity index is 511. The second-order valence-corrected chi connectivity index (χ2v) is 8.57. The topological polar surface area (TPSA) is 75.7 Å². The number of likely N-dealkylation sites (N-methyl/N-ethyl adjacent to an activating group) is 1. The lowest BCUT2D eigenvalue weighted by Gasteiger charge is -2.32. The highest BCUT2D eigenvalue weighted by atomic mass is 32.2. The van der Waals surface area contributed by atoms with E-state index in [4.69, 9.17) is 4.74 Å². The number of aldehydes is 1. The SMILES string of the molecule is CN(CC(OC(=O)NCC=O)C(C)(C)C)S(=O)c1cccs1. The van der Waals surface area contributed by atoms with Gasteiger partial charge >= 0.3 is 6.09 Å². The van der Waals surface area contributed by atoms with Crippen molar-refractivity contribution < 1.29 is 18.5 Å². The molecule has 0 aliphatic rings. The number of hydrogen-bond donors (Lipinski definition) is 1. The van der Waals surface area contributed by atoms with Crippen LogP contribution in [0.1, 0.15) is 20.8 Å². The highest BCUT2D eigenvalue weighted by Gasteiger charge is 2.31. The summed E-state index contributed by atoms with van der Waals surface area (Å²) in [5, 5.41) is 4.21. The molecule has 6 nitrogen and oxygen atoms in total. The summed E-state index contributed by atoms with van der Waals surface area (Å²) in [7, 11) is 0.435. The molecule has 1 N–H and O–H groups in total. The predicted molar refractivity (Wildman–Crippen MR) is 87.1 cm³/mol. The Morgan fingerprint density at radius 3 is 2.73 bits per heavy atom. The van der Waals surface area contributed by atoms with E-state index in [0.29, 0.717) is 12.8 Å². The van der Waals surface area contributed by atoms with E-state index in [9.17, 15) is 13.8 Å². The van der Waals surface area contributed by atoms with Gasteiger partial charge in [0.15, 0.2) is 0 Å². The van der Waals surface area contributed by atoms with Crippen LogP contribution in [0.3, 0.4) is 0 Å². The molecule has 0 aliphatic heterocycles. The van der Waals surface area contributed by atoms with Crippen molar-refractivity contribution in [2.24, 2.45) is 5.41 Å². The number of carbonyl (C=O) groups excluding carboxylic acids is 2. The molecule has 2 atom stereocenters. The highest BCUT2D eigenvalue weighted by molar-refractivity contribution is 7.85. The molecule has 0 saturated heterocycles. The van der Waals surface area contributed by atoms with Crippen molar-refractivity contribution in [1.29, 1.82) is 0 Å². The van der Waals surface area contributed by atoms with E-state index in [0.717, 1.165) is 4.21 Å². The molecule has 8 heteroatoms. The molecule has 0 aliphatic carbocycles. The van der Waals surface area contributed by atoms with Gasteiger partial charge in [0.1, 0.15) is 27.6 Å². The Kier molecular flexibility index (Phi) is 7.18. The van der Waals surface area contributed by atoms with Crippen molar-refractivity contribution in [3.63, 3.8) is 0 Å². The summed E-state index contributed by atoms with van der Waals surface area (Å²) >= 11 is 1.42. The fourth-order valence-electron chi connectivity index (χ4n) is 1.60. The van der Waals surface area contributed by atoms with Crippen LogP contribution in [-0.4, -0.2) is 47.1 Å². The Morgan fingerprint density at radius 1 is 1.55 bits per heavy atom. The van der Waals surface area contributed by atoms with Crippen LogP contribution in [0.25, 0.3) is 0 Å². The molecular formula is C14H22N2O4S2. The zero-order valence-electron chi connectivity index (χ0n) is 13.2. The smallest absolute Gasteiger partial charge is 0.407 e. The van der Waals surface area contributed by atoms with Gasteiger partial charge in [-0.1, -0.05) is 26.8 Å². The zero-order valence-corrected chi connectivity index (χ0v) is 14.8. The molecular weight excluding hydrogens is 324 g/mol. The summed E-state index contributed by atoms with van der Waals surface area (Å²) in [6.45, 7) is 6.04. The van der Waals surface area contributed by atoms with E-state index in [2.05, 4.69) is 5.32 Å². The number of nitrogens with one attached hydrogen (secondary N) is 1. The summed E-state index contributed by atoms with van der Waals surface area (Å²) in [4.78, 5) is 21.9. The number of rotatable bonds is 7. The number of thiophene rings is 1. The molecule has 0 bridgehead atoms. The number of hydrogen-bond acceptors (Lipinski definition) is 5. The lowest BCUT2D eigenvalue weighted by atomic mass is 9.89. The standard InChI is InChI=1S/C14H22N2O4S2/c1-14(2,3)11(20-13(18)15-7-8-17)10-16(4)22(19)12-6-5-9-21-12/h5-6,8-9,11H,7,10H2,1-4H3,(H,15,18). The van der Waals surface area contributed by atoms with Crippen LogP contribution in [0.2, 0.25) is 0 Å². The van der Waals surface area contributed by atoms with Gasteiger partial charge in [-0.15, -0.1) is 11.3 Å². The quantitative estimate of drug-likeness (QED) is 0.767. The first kappa shape index (κ1) is 18.8. The van der Waals surface area contributed by atoms with Crippen molar-refractivity contribution in [3.05, 3.63) is 17.5 Å². The molecule has 0 fully saturated rings. The van der Waals surface area contributed by atoms with Gasteiger partial charge < -0.3 is 14.8 Å². The highest BCUT2D eigenvalue weighted by Crippen LogP contribution is 2.25. The first-order valence-corrected chi connectivity index (χ1v) is 8.79. The second kappa shape index (κ2) is 8.40. The molecule has 1 aromatic heterocycles. The first-order chi connectivity index (χ1) is 10.3. The zero-order chi connectivity index (χ0) is 16.8. The van der Waals surface area contributed by atoms with Gasteiger partial charge in [-0.3, -0.25) is 0 Å². The predicted octanol–water partition coefficient (Wildman–Crippen LogP) is 2.04. The molecule has 0 aromatic carbocycles. The normalized spacial score (nSPS) is 14.4. The molecule has 22 heavy (non-hydrogen) atoms. The van der Waals surface area contributed by atoms with Gasteiger partial charge in [-0.2, -0.15) is 0 Å². The second-order valence-electron chi connectivity index (χ2n) is 5.80. The average molecular weight is 346 g/mol. The molecule has 0 radical (unpaired) electrons. The van der Waals surface area contributed by atoms with Crippen molar-refractivity contribution in [3.8, 4) is 0 Å². The maximum absolute atomic E-state index is 12.4. The summed E-state index contributed by atoms with van der Waals surface area (Å²) in [5.74, 6) is 0. The van der Waals surface area contributed by atoms with Gasteiger partial charge in [-0.25, -0.2) is 13.3 Å². The number of amides is 1. The van der Waals surface area contributed by atoms with Crippen LogP contribution in [0, 0.1) is 5.41 Å². The fraction of sp³-hybridized carbons (Fsp3) is 0.571.